The van der Waals surface area contributed by atoms with Gasteiger partial charge in [-0.15, -0.1) is 0 Å². The Morgan fingerprint density at radius 3 is 2.52 bits per heavy atom. The summed E-state index contributed by atoms with van der Waals surface area (Å²) >= 11 is 5.75. The monoisotopic (exact) mass is 365 g/mol. The van der Waals surface area contributed by atoms with Crippen molar-refractivity contribution in [3.8, 4) is 0 Å². The van der Waals surface area contributed by atoms with E-state index in [1.165, 1.54) is 31.4 Å². The molecule has 2 rings (SSSR count). The lowest BCUT2D eigenvalue weighted by Gasteiger charge is -2.09. The van der Waals surface area contributed by atoms with Gasteiger partial charge >= 0.3 is 11.9 Å². The number of carbonyl (C=O) groups is 3. The lowest BCUT2D eigenvalue weighted by Crippen LogP contribution is -2.21. The SMILES string of the molecule is COC(=O)c1cccc(NC(=O)COC(=O)c2c(F)cccc2Cl)c1. The van der Waals surface area contributed by atoms with E-state index in [0.717, 1.165) is 6.07 Å². The smallest absolute Gasteiger partial charge is 0.343 e. The summed E-state index contributed by atoms with van der Waals surface area (Å²) in [7, 11) is 1.24. The summed E-state index contributed by atoms with van der Waals surface area (Å²) in [5, 5.41) is 2.33. The zero-order chi connectivity index (χ0) is 18.4. The van der Waals surface area contributed by atoms with Gasteiger partial charge < -0.3 is 14.8 Å². The lowest BCUT2D eigenvalue weighted by atomic mass is 10.2. The van der Waals surface area contributed by atoms with Crippen LogP contribution in [0.5, 0.6) is 0 Å². The van der Waals surface area contributed by atoms with Crippen molar-refractivity contribution in [3.05, 3.63) is 64.4 Å². The van der Waals surface area contributed by atoms with Crippen LogP contribution in [-0.4, -0.2) is 31.6 Å². The van der Waals surface area contributed by atoms with Gasteiger partial charge in [0.05, 0.1) is 17.7 Å². The van der Waals surface area contributed by atoms with E-state index in [0.29, 0.717) is 5.69 Å². The van der Waals surface area contributed by atoms with Crippen molar-refractivity contribution in [3.63, 3.8) is 0 Å². The highest BCUT2D eigenvalue weighted by Crippen LogP contribution is 2.19. The standard InChI is InChI=1S/C17H13ClFNO5/c1-24-16(22)10-4-2-5-11(8-10)20-14(21)9-25-17(23)15-12(18)6-3-7-13(15)19/h2-8H,9H2,1H3,(H,20,21). The van der Waals surface area contributed by atoms with Crippen LogP contribution in [0.1, 0.15) is 20.7 Å². The predicted octanol–water partition coefficient (Wildman–Crippen LogP) is 3.06. The van der Waals surface area contributed by atoms with Gasteiger partial charge in [-0.2, -0.15) is 0 Å². The summed E-state index contributed by atoms with van der Waals surface area (Å²) in [6, 6.07) is 9.74. The van der Waals surface area contributed by atoms with Crippen LogP contribution in [0.2, 0.25) is 5.02 Å². The molecule has 0 saturated carbocycles. The minimum absolute atomic E-state index is 0.115. The molecular formula is C17H13ClFNO5. The molecule has 1 amide bonds. The van der Waals surface area contributed by atoms with E-state index in [-0.39, 0.29) is 10.6 Å². The molecule has 0 saturated heterocycles. The molecule has 2 aromatic carbocycles. The van der Waals surface area contributed by atoms with Gasteiger partial charge in [0, 0.05) is 5.69 Å². The topological polar surface area (TPSA) is 81.7 Å². The molecule has 6 nitrogen and oxygen atoms in total. The zero-order valence-electron chi connectivity index (χ0n) is 13.0. The Balaban J connectivity index is 1.97. The van der Waals surface area contributed by atoms with E-state index in [1.807, 2.05) is 0 Å². The fourth-order valence-corrected chi connectivity index (χ4v) is 2.18. The summed E-state index contributed by atoms with van der Waals surface area (Å²) in [6.07, 6.45) is 0. The molecular weight excluding hydrogens is 353 g/mol. The van der Waals surface area contributed by atoms with Crippen molar-refractivity contribution in [2.24, 2.45) is 0 Å². The molecule has 0 unspecified atom stereocenters. The second-order valence-electron chi connectivity index (χ2n) is 4.79. The Morgan fingerprint density at radius 1 is 1.12 bits per heavy atom. The number of nitrogens with one attached hydrogen (secondary N) is 1. The summed E-state index contributed by atoms with van der Waals surface area (Å²) in [5.41, 5.74) is 0.118. The summed E-state index contributed by atoms with van der Waals surface area (Å²) < 4.78 is 22.9. The van der Waals surface area contributed by atoms with E-state index in [4.69, 9.17) is 16.3 Å². The van der Waals surface area contributed by atoms with Gasteiger partial charge in [0.2, 0.25) is 0 Å². The minimum Gasteiger partial charge on any atom is -0.465 e. The molecule has 0 atom stereocenters. The summed E-state index contributed by atoms with van der Waals surface area (Å²) in [4.78, 5) is 35.1. The number of hydrogen-bond donors (Lipinski definition) is 1. The van der Waals surface area contributed by atoms with E-state index in [2.05, 4.69) is 10.1 Å². The molecule has 0 aliphatic carbocycles. The third-order valence-corrected chi connectivity index (χ3v) is 3.38. The van der Waals surface area contributed by atoms with Crippen LogP contribution >= 0.6 is 11.6 Å². The van der Waals surface area contributed by atoms with Crippen LogP contribution in [-0.2, 0) is 14.3 Å². The molecule has 130 valence electrons. The van der Waals surface area contributed by atoms with Gasteiger partial charge in [-0.1, -0.05) is 23.7 Å². The van der Waals surface area contributed by atoms with Gasteiger partial charge in [-0.05, 0) is 30.3 Å². The number of methoxy groups -OCH3 is 1. The Labute approximate surface area is 147 Å². The third-order valence-electron chi connectivity index (χ3n) is 3.07. The number of carbonyl (C=O) groups excluding carboxylic acids is 3. The average Bonchev–Trinajstić information content (AvgIpc) is 2.59. The number of amides is 1. The molecule has 0 heterocycles. The number of ether oxygens (including phenoxy) is 2. The third kappa shape index (κ3) is 4.77. The molecule has 0 aliphatic rings. The van der Waals surface area contributed by atoms with E-state index in [9.17, 15) is 18.8 Å². The minimum atomic E-state index is -1.05. The van der Waals surface area contributed by atoms with Crippen molar-refractivity contribution in [1.29, 1.82) is 0 Å². The van der Waals surface area contributed by atoms with Crippen molar-refractivity contribution in [2.45, 2.75) is 0 Å². The van der Waals surface area contributed by atoms with E-state index < -0.39 is 35.8 Å². The molecule has 0 bridgehead atoms. The highest BCUT2D eigenvalue weighted by Gasteiger charge is 2.18. The van der Waals surface area contributed by atoms with Gasteiger partial charge in [0.15, 0.2) is 6.61 Å². The van der Waals surface area contributed by atoms with Crippen LogP contribution in [0.25, 0.3) is 0 Å². The Hall–Kier alpha value is -2.93. The Bertz CT molecular complexity index is 804. The number of halogens is 2. The highest BCUT2D eigenvalue weighted by atomic mass is 35.5. The van der Waals surface area contributed by atoms with Crippen molar-refractivity contribution in [1.82, 2.24) is 0 Å². The molecule has 2 aromatic rings. The largest absolute Gasteiger partial charge is 0.465 e. The molecule has 0 radical (unpaired) electrons. The molecule has 25 heavy (non-hydrogen) atoms. The Morgan fingerprint density at radius 2 is 1.84 bits per heavy atom. The fourth-order valence-electron chi connectivity index (χ4n) is 1.93. The number of hydrogen-bond acceptors (Lipinski definition) is 5. The lowest BCUT2D eigenvalue weighted by molar-refractivity contribution is -0.119. The number of benzene rings is 2. The van der Waals surface area contributed by atoms with Crippen LogP contribution in [0, 0.1) is 5.82 Å². The van der Waals surface area contributed by atoms with Crippen LogP contribution in [0.15, 0.2) is 42.5 Å². The second kappa shape index (κ2) is 8.25. The molecule has 1 N–H and O–H groups in total. The maximum Gasteiger partial charge on any atom is 0.343 e. The van der Waals surface area contributed by atoms with E-state index in [1.54, 1.807) is 12.1 Å². The fraction of sp³-hybridized carbons (Fsp3) is 0.118. The first-order valence-electron chi connectivity index (χ1n) is 7.01. The van der Waals surface area contributed by atoms with E-state index >= 15 is 0 Å². The van der Waals surface area contributed by atoms with Crippen molar-refractivity contribution in [2.75, 3.05) is 19.0 Å². The average molecular weight is 366 g/mol. The molecule has 0 fully saturated rings. The predicted molar refractivity (Wildman–Crippen MR) is 88.1 cm³/mol. The molecule has 0 aromatic heterocycles. The quantitative estimate of drug-likeness (QED) is 0.823. The van der Waals surface area contributed by atoms with Crippen LogP contribution < -0.4 is 5.32 Å². The van der Waals surface area contributed by atoms with Gasteiger partial charge in [-0.25, -0.2) is 14.0 Å². The first-order valence-corrected chi connectivity index (χ1v) is 7.39. The molecule has 0 spiro atoms. The summed E-state index contributed by atoms with van der Waals surface area (Å²) in [6.45, 7) is -0.647. The highest BCUT2D eigenvalue weighted by molar-refractivity contribution is 6.33. The number of anilines is 1. The second-order valence-corrected chi connectivity index (χ2v) is 5.20. The number of esters is 2. The normalized spacial score (nSPS) is 10.0. The van der Waals surface area contributed by atoms with Crippen molar-refractivity contribution < 1.29 is 28.2 Å². The van der Waals surface area contributed by atoms with Gasteiger partial charge in [0.25, 0.3) is 5.91 Å². The van der Waals surface area contributed by atoms with Crippen LogP contribution in [0.4, 0.5) is 10.1 Å². The van der Waals surface area contributed by atoms with Gasteiger partial charge in [0.1, 0.15) is 11.4 Å². The molecule has 0 aliphatic heterocycles. The molecule has 8 heteroatoms. The Kier molecular flexibility index (Phi) is 6.08. The maximum absolute atomic E-state index is 13.6. The first-order chi connectivity index (χ1) is 11.9. The zero-order valence-corrected chi connectivity index (χ0v) is 13.8. The maximum atomic E-state index is 13.6. The van der Waals surface area contributed by atoms with Crippen LogP contribution in [0.3, 0.4) is 0 Å². The van der Waals surface area contributed by atoms with Crippen molar-refractivity contribution >= 4 is 35.1 Å². The first kappa shape index (κ1) is 18.4. The van der Waals surface area contributed by atoms with Gasteiger partial charge in [-0.3, -0.25) is 4.79 Å². The number of rotatable bonds is 5. The summed E-state index contributed by atoms with van der Waals surface area (Å²) in [5.74, 6) is -3.12.